The monoisotopic (exact) mass is 370 g/mol. The summed E-state index contributed by atoms with van der Waals surface area (Å²) in [6.45, 7) is 2.20. The van der Waals surface area contributed by atoms with Crippen molar-refractivity contribution < 1.29 is 23.8 Å². The number of hydrogen-bond acceptors (Lipinski definition) is 5. The molecule has 0 fully saturated rings. The van der Waals surface area contributed by atoms with Gasteiger partial charge in [0.05, 0.1) is 19.3 Å². The van der Waals surface area contributed by atoms with Gasteiger partial charge >= 0.3 is 0 Å². The quantitative estimate of drug-likeness (QED) is 0.755. The summed E-state index contributed by atoms with van der Waals surface area (Å²) in [7, 11) is 1.57. The fraction of sp³-hybridized carbons (Fsp3) is 0.300. The molecule has 3 rings (SSSR count). The van der Waals surface area contributed by atoms with Gasteiger partial charge in [0.1, 0.15) is 18.9 Å². The van der Waals surface area contributed by atoms with E-state index in [0.717, 1.165) is 0 Å². The van der Waals surface area contributed by atoms with Crippen LogP contribution in [0.4, 0.5) is 5.69 Å². The largest absolute Gasteiger partial charge is 0.493 e. The molecule has 2 aromatic carbocycles. The molecule has 2 aromatic rings. The molecule has 1 heterocycles. The molecule has 1 atom stereocenters. The number of carbonyl (C=O) groups excluding carboxylic acids is 2. The van der Waals surface area contributed by atoms with E-state index in [1.54, 1.807) is 44.4 Å². The first-order valence-electron chi connectivity index (χ1n) is 8.69. The average Bonchev–Trinajstić information content (AvgIpc) is 2.69. The molecule has 142 valence electrons. The molecule has 27 heavy (non-hydrogen) atoms. The van der Waals surface area contributed by atoms with Crippen LogP contribution in [-0.4, -0.2) is 44.7 Å². The van der Waals surface area contributed by atoms with E-state index in [2.05, 4.69) is 5.32 Å². The van der Waals surface area contributed by atoms with Crippen LogP contribution >= 0.6 is 0 Å². The van der Waals surface area contributed by atoms with Crippen LogP contribution in [0.5, 0.6) is 17.2 Å². The Labute approximate surface area is 157 Å². The van der Waals surface area contributed by atoms with E-state index in [-0.39, 0.29) is 25.0 Å². The van der Waals surface area contributed by atoms with Gasteiger partial charge in [-0.05, 0) is 31.2 Å². The fourth-order valence-electron chi connectivity index (χ4n) is 2.81. The van der Waals surface area contributed by atoms with Crippen LogP contribution in [0, 0.1) is 0 Å². The topological polar surface area (TPSA) is 77.1 Å². The number of anilines is 1. The summed E-state index contributed by atoms with van der Waals surface area (Å²) < 4.78 is 16.4. The lowest BCUT2D eigenvalue weighted by Crippen LogP contribution is -2.49. The van der Waals surface area contributed by atoms with Crippen LogP contribution in [0.3, 0.4) is 0 Å². The molecule has 2 amide bonds. The normalized spacial score (nSPS) is 15.6. The molecule has 0 spiro atoms. The van der Waals surface area contributed by atoms with Crippen molar-refractivity contribution in [1.29, 1.82) is 0 Å². The van der Waals surface area contributed by atoms with E-state index >= 15 is 0 Å². The maximum Gasteiger partial charge on any atom is 0.268 e. The highest BCUT2D eigenvalue weighted by molar-refractivity contribution is 6.03. The minimum absolute atomic E-state index is 0.0712. The molecule has 0 aromatic heterocycles. The summed E-state index contributed by atoms with van der Waals surface area (Å²) >= 11 is 0. The minimum Gasteiger partial charge on any atom is -0.493 e. The van der Waals surface area contributed by atoms with Gasteiger partial charge in [-0.3, -0.25) is 14.5 Å². The van der Waals surface area contributed by atoms with Crippen LogP contribution in [0.25, 0.3) is 0 Å². The Morgan fingerprint density at radius 1 is 1.15 bits per heavy atom. The van der Waals surface area contributed by atoms with Crippen LogP contribution in [0.1, 0.15) is 6.92 Å². The zero-order chi connectivity index (χ0) is 19.2. The summed E-state index contributed by atoms with van der Waals surface area (Å²) in [5.74, 6) is 1.33. The minimum atomic E-state index is -0.624. The van der Waals surface area contributed by atoms with Gasteiger partial charge in [0.25, 0.3) is 5.91 Å². The van der Waals surface area contributed by atoms with Crippen molar-refractivity contribution in [3.63, 3.8) is 0 Å². The van der Waals surface area contributed by atoms with Gasteiger partial charge in [0.15, 0.2) is 17.6 Å². The molecule has 0 bridgehead atoms. The van der Waals surface area contributed by atoms with Gasteiger partial charge in [-0.1, -0.05) is 24.3 Å². The summed E-state index contributed by atoms with van der Waals surface area (Å²) in [6, 6.07) is 14.5. The van der Waals surface area contributed by atoms with Gasteiger partial charge in [-0.2, -0.15) is 0 Å². The highest BCUT2D eigenvalue weighted by atomic mass is 16.5. The number of nitrogens with zero attached hydrogens (tertiary/aromatic N) is 1. The second kappa shape index (κ2) is 8.44. The molecule has 1 aliphatic rings. The Kier molecular flexibility index (Phi) is 5.80. The Balaban J connectivity index is 1.53. The molecular weight excluding hydrogens is 348 g/mol. The average molecular weight is 370 g/mol. The number of carbonyl (C=O) groups is 2. The Morgan fingerprint density at radius 2 is 1.85 bits per heavy atom. The van der Waals surface area contributed by atoms with Crippen molar-refractivity contribution >= 4 is 17.5 Å². The number of benzene rings is 2. The van der Waals surface area contributed by atoms with Crippen molar-refractivity contribution in [3.05, 3.63) is 48.5 Å². The smallest absolute Gasteiger partial charge is 0.268 e. The predicted molar refractivity (Wildman–Crippen MR) is 100 cm³/mol. The summed E-state index contributed by atoms with van der Waals surface area (Å²) in [5.41, 5.74) is 0.598. The lowest BCUT2D eigenvalue weighted by molar-refractivity contribution is -0.128. The van der Waals surface area contributed by atoms with E-state index < -0.39 is 6.10 Å². The van der Waals surface area contributed by atoms with Crippen LogP contribution in [0.15, 0.2) is 48.5 Å². The zero-order valence-electron chi connectivity index (χ0n) is 15.3. The number of amides is 2. The second-order valence-electron chi connectivity index (χ2n) is 6.00. The standard InChI is InChI=1S/C20H22N2O5/c1-14-20(24)22(15-7-3-4-8-16(15)27-14)13-19(23)21-11-12-26-18-10-6-5-9-17(18)25-2/h3-10,14H,11-13H2,1-2H3,(H,21,23). The predicted octanol–water partition coefficient (Wildman–Crippen LogP) is 2.00. The van der Waals surface area contributed by atoms with Crippen LogP contribution in [-0.2, 0) is 9.59 Å². The molecule has 1 unspecified atom stereocenters. The first-order valence-corrected chi connectivity index (χ1v) is 8.69. The SMILES string of the molecule is COc1ccccc1OCCNC(=O)CN1C(=O)C(C)Oc2ccccc21. The van der Waals surface area contributed by atoms with E-state index in [0.29, 0.717) is 29.5 Å². The van der Waals surface area contributed by atoms with E-state index in [1.807, 2.05) is 18.2 Å². The third kappa shape index (κ3) is 4.31. The van der Waals surface area contributed by atoms with Crippen molar-refractivity contribution in [3.8, 4) is 17.2 Å². The van der Waals surface area contributed by atoms with E-state index in [9.17, 15) is 9.59 Å². The molecule has 0 aliphatic carbocycles. The molecule has 0 saturated carbocycles. The number of para-hydroxylation sites is 4. The fourth-order valence-corrected chi connectivity index (χ4v) is 2.81. The lowest BCUT2D eigenvalue weighted by atomic mass is 10.2. The van der Waals surface area contributed by atoms with Crippen molar-refractivity contribution in [2.24, 2.45) is 0 Å². The Bertz CT molecular complexity index is 824. The number of fused-ring (bicyclic) bond motifs is 1. The number of nitrogens with one attached hydrogen (secondary N) is 1. The maximum atomic E-state index is 12.4. The van der Waals surface area contributed by atoms with Crippen molar-refractivity contribution in [2.75, 3.05) is 31.7 Å². The van der Waals surface area contributed by atoms with E-state index in [4.69, 9.17) is 14.2 Å². The number of hydrogen-bond donors (Lipinski definition) is 1. The Morgan fingerprint density at radius 3 is 2.63 bits per heavy atom. The molecule has 1 N–H and O–H groups in total. The molecule has 0 saturated heterocycles. The first-order chi connectivity index (χ1) is 13.1. The molecule has 7 heteroatoms. The summed E-state index contributed by atoms with van der Waals surface area (Å²) in [4.78, 5) is 26.1. The number of methoxy groups -OCH3 is 1. The maximum absolute atomic E-state index is 12.4. The molecule has 7 nitrogen and oxygen atoms in total. The molecular formula is C20H22N2O5. The third-order valence-electron chi connectivity index (χ3n) is 4.13. The third-order valence-corrected chi connectivity index (χ3v) is 4.13. The van der Waals surface area contributed by atoms with Gasteiger partial charge in [-0.25, -0.2) is 0 Å². The summed E-state index contributed by atoms with van der Waals surface area (Å²) in [6.07, 6.45) is -0.624. The first kappa shape index (κ1) is 18.6. The van der Waals surface area contributed by atoms with Crippen molar-refractivity contribution in [1.82, 2.24) is 5.32 Å². The van der Waals surface area contributed by atoms with E-state index in [1.165, 1.54) is 4.90 Å². The summed E-state index contributed by atoms with van der Waals surface area (Å²) in [5, 5.41) is 2.76. The number of rotatable bonds is 7. The zero-order valence-corrected chi connectivity index (χ0v) is 15.3. The highest BCUT2D eigenvalue weighted by Crippen LogP contribution is 2.33. The van der Waals surface area contributed by atoms with Crippen molar-refractivity contribution in [2.45, 2.75) is 13.0 Å². The van der Waals surface area contributed by atoms with Crippen LogP contribution < -0.4 is 24.4 Å². The van der Waals surface area contributed by atoms with Gasteiger partial charge in [-0.15, -0.1) is 0 Å². The van der Waals surface area contributed by atoms with Gasteiger partial charge in [0.2, 0.25) is 5.91 Å². The van der Waals surface area contributed by atoms with Gasteiger partial charge < -0.3 is 19.5 Å². The Hall–Kier alpha value is -3.22. The molecule has 0 radical (unpaired) electrons. The number of ether oxygens (including phenoxy) is 3. The van der Waals surface area contributed by atoms with Gasteiger partial charge in [0, 0.05) is 0 Å². The van der Waals surface area contributed by atoms with Crippen LogP contribution in [0.2, 0.25) is 0 Å². The molecule has 1 aliphatic heterocycles. The highest BCUT2D eigenvalue weighted by Gasteiger charge is 2.32. The lowest BCUT2D eigenvalue weighted by Gasteiger charge is -2.32. The second-order valence-corrected chi connectivity index (χ2v) is 6.00.